The number of carbonyl (C=O) groups is 2. The zero-order valence-electron chi connectivity index (χ0n) is 11.9. The Morgan fingerprint density at radius 1 is 1.50 bits per heavy atom. The van der Waals surface area contributed by atoms with Crippen molar-refractivity contribution in [1.82, 2.24) is 14.9 Å². The number of imidazole rings is 1. The van der Waals surface area contributed by atoms with Gasteiger partial charge < -0.3 is 19.4 Å². The van der Waals surface area contributed by atoms with Gasteiger partial charge in [-0.1, -0.05) is 0 Å². The number of hydrogen-bond acceptors (Lipinski definition) is 5. The van der Waals surface area contributed by atoms with E-state index in [0.29, 0.717) is 37.6 Å². The fourth-order valence-electron chi connectivity index (χ4n) is 2.35. The van der Waals surface area contributed by atoms with Gasteiger partial charge in [-0.15, -0.1) is 0 Å². The van der Waals surface area contributed by atoms with Gasteiger partial charge in [0, 0.05) is 38.2 Å². The molecule has 1 aliphatic heterocycles. The first-order valence-corrected chi connectivity index (χ1v) is 6.48. The number of amides is 1. The molecule has 110 valence electrons. The number of methoxy groups -OCH3 is 2. The van der Waals surface area contributed by atoms with Crippen molar-refractivity contribution in [1.29, 1.82) is 0 Å². The summed E-state index contributed by atoms with van der Waals surface area (Å²) in [6, 6.07) is 0. The third kappa shape index (κ3) is 2.82. The number of rotatable bonds is 5. The van der Waals surface area contributed by atoms with E-state index in [1.807, 2.05) is 0 Å². The molecular formula is C13H19N3O4. The molecular weight excluding hydrogens is 262 g/mol. The number of nitrogens with one attached hydrogen (secondary N) is 1. The Morgan fingerprint density at radius 2 is 2.25 bits per heavy atom. The van der Waals surface area contributed by atoms with E-state index in [-0.39, 0.29) is 17.5 Å². The number of H-pyrrole nitrogens is 1. The minimum absolute atomic E-state index is 0.0172. The molecule has 7 heteroatoms. The van der Waals surface area contributed by atoms with Gasteiger partial charge in [0.15, 0.2) is 5.69 Å². The van der Waals surface area contributed by atoms with Crippen molar-refractivity contribution in [3.63, 3.8) is 0 Å². The number of aromatic nitrogens is 2. The smallest absolute Gasteiger partial charge is 0.358 e. The number of hydrogen-bond donors (Lipinski definition) is 1. The van der Waals surface area contributed by atoms with E-state index in [1.54, 1.807) is 18.9 Å². The van der Waals surface area contributed by atoms with Crippen LogP contribution < -0.4 is 0 Å². The van der Waals surface area contributed by atoms with Gasteiger partial charge in [0.1, 0.15) is 5.82 Å². The molecule has 2 heterocycles. The summed E-state index contributed by atoms with van der Waals surface area (Å²) in [6.45, 7) is 3.45. The summed E-state index contributed by atoms with van der Waals surface area (Å²) in [5, 5.41) is 0. The molecule has 1 aliphatic rings. The largest absolute Gasteiger partial charge is 0.464 e. The van der Waals surface area contributed by atoms with E-state index in [9.17, 15) is 9.59 Å². The zero-order chi connectivity index (χ0) is 14.7. The molecule has 20 heavy (non-hydrogen) atoms. The molecule has 1 aromatic rings. The molecule has 1 aromatic heterocycles. The van der Waals surface area contributed by atoms with Crippen molar-refractivity contribution >= 4 is 11.9 Å². The molecule has 0 saturated carbocycles. The molecule has 0 aromatic carbocycles. The first-order chi connectivity index (χ1) is 9.56. The van der Waals surface area contributed by atoms with Crippen LogP contribution in [-0.4, -0.2) is 60.7 Å². The van der Waals surface area contributed by atoms with Crippen molar-refractivity contribution < 1.29 is 19.1 Å². The number of aryl methyl sites for hydroxylation is 1. The average molecular weight is 281 g/mol. The molecule has 1 saturated heterocycles. The number of aromatic amines is 1. The molecule has 1 amide bonds. The van der Waals surface area contributed by atoms with Crippen molar-refractivity contribution in [3.05, 3.63) is 17.2 Å². The van der Waals surface area contributed by atoms with E-state index in [2.05, 4.69) is 14.7 Å². The SMILES string of the molecule is COCCN1C[C@H](c2nc(C(=O)OC)c(C)[nH]2)CC1=O. The number of nitrogens with zero attached hydrogens (tertiary/aromatic N) is 2. The number of likely N-dealkylation sites (tertiary alicyclic amines) is 1. The van der Waals surface area contributed by atoms with Crippen LogP contribution >= 0.6 is 0 Å². The van der Waals surface area contributed by atoms with Gasteiger partial charge in [-0.2, -0.15) is 0 Å². The summed E-state index contributed by atoms with van der Waals surface area (Å²) in [7, 11) is 2.93. The van der Waals surface area contributed by atoms with Crippen molar-refractivity contribution in [2.75, 3.05) is 33.9 Å². The summed E-state index contributed by atoms with van der Waals surface area (Å²) < 4.78 is 9.66. The van der Waals surface area contributed by atoms with Gasteiger partial charge in [0.2, 0.25) is 5.91 Å². The Bertz CT molecular complexity index is 512. The highest BCUT2D eigenvalue weighted by molar-refractivity contribution is 5.88. The van der Waals surface area contributed by atoms with Crippen LogP contribution in [-0.2, 0) is 14.3 Å². The second kappa shape index (κ2) is 6.04. The number of ether oxygens (including phenoxy) is 2. The van der Waals surface area contributed by atoms with Crippen molar-refractivity contribution in [2.45, 2.75) is 19.3 Å². The van der Waals surface area contributed by atoms with Crippen LogP contribution in [0.1, 0.15) is 34.3 Å². The quantitative estimate of drug-likeness (QED) is 0.793. The lowest BCUT2D eigenvalue weighted by Gasteiger charge is -2.15. The molecule has 1 N–H and O–H groups in total. The first-order valence-electron chi connectivity index (χ1n) is 6.48. The van der Waals surface area contributed by atoms with E-state index < -0.39 is 5.97 Å². The Balaban J connectivity index is 2.10. The maximum absolute atomic E-state index is 11.9. The fraction of sp³-hybridized carbons (Fsp3) is 0.615. The van der Waals surface area contributed by atoms with Crippen LogP contribution in [0.15, 0.2) is 0 Å². The van der Waals surface area contributed by atoms with E-state index in [1.165, 1.54) is 7.11 Å². The standard InChI is InChI=1S/C13H19N3O4/c1-8-11(13(18)20-3)15-12(14-8)9-6-10(17)16(7-9)4-5-19-2/h9H,4-7H2,1-3H3,(H,14,15)/t9-/m1/s1. The summed E-state index contributed by atoms with van der Waals surface area (Å²) in [5.74, 6) is 0.263. The van der Waals surface area contributed by atoms with Crippen LogP contribution in [0.2, 0.25) is 0 Å². The van der Waals surface area contributed by atoms with E-state index in [4.69, 9.17) is 4.74 Å². The molecule has 1 atom stereocenters. The van der Waals surface area contributed by atoms with E-state index in [0.717, 1.165) is 0 Å². The lowest BCUT2D eigenvalue weighted by atomic mass is 10.1. The molecule has 1 fully saturated rings. The van der Waals surface area contributed by atoms with Crippen LogP contribution in [0.5, 0.6) is 0 Å². The van der Waals surface area contributed by atoms with Gasteiger partial charge in [-0.3, -0.25) is 4.79 Å². The average Bonchev–Trinajstić information content (AvgIpc) is 2.99. The number of esters is 1. The molecule has 0 spiro atoms. The van der Waals surface area contributed by atoms with Crippen LogP contribution in [0.4, 0.5) is 0 Å². The highest BCUT2D eigenvalue weighted by Gasteiger charge is 2.33. The first kappa shape index (κ1) is 14.5. The topological polar surface area (TPSA) is 84.5 Å². The van der Waals surface area contributed by atoms with Gasteiger partial charge in [-0.05, 0) is 6.92 Å². The summed E-state index contributed by atoms with van der Waals surface area (Å²) in [4.78, 5) is 32.5. The Hall–Kier alpha value is -1.89. The van der Waals surface area contributed by atoms with Crippen molar-refractivity contribution in [3.8, 4) is 0 Å². The van der Waals surface area contributed by atoms with Gasteiger partial charge >= 0.3 is 5.97 Å². The normalized spacial score (nSPS) is 18.6. The minimum Gasteiger partial charge on any atom is -0.464 e. The second-order valence-electron chi connectivity index (χ2n) is 4.82. The van der Waals surface area contributed by atoms with Crippen LogP contribution in [0.3, 0.4) is 0 Å². The highest BCUT2D eigenvalue weighted by Crippen LogP contribution is 2.26. The minimum atomic E-state index is -0.467. The molecule has 0 radical (unpaired) electrons. The number of carbonyl (C=O) groups excluding carboxylic acids is 2. The Kier molecular flexibility index (Phi) is 4.39. The zero-order valence-corrected chi connectivity index (χ0v) is 11.9. The summed E-state index contributed by atoms with van der Waals surface area (Å²) in [6.07, 6.45) is 0.400. The maximum atomic E-state index is 11.9. The molecule has 0 unspecified atom stereocenters. The predicted molar refractivity (Wildman–Crippen MR) is 70.5 cm³/mol. The van der Waals surface area contributed by atoms with Crippen LogP contribution in [0, 0.1) is 6.92 Å². The Morgan fingerprint density at radius 3 is 2.90 bits per heavy atom. The lowest BCUT2D eigenvalue weighted by molar-refractivity contribution is -0.128. The molecule has 7 nitrogen and oxygen atoms in total. The maximum Gasteiger partial charge on any atom is 0.358 e. The third-order valence-electron chi connectivity index (χ3n) is 3.45. The van der Waals surface area contributed by atoms with Gasteiger partial charge in [0.05, 0.1) is 13.7 Å². The predicted octanol–water partition coefficient (Wildman–Crippen LogP) is 0.467. The Labute approximate surface area is 117 Å². The molecule has 0 aliphatic carbocycles. The fourth-order valence-corrected chi connectivity index (χ4v) is 2.35. The van der Waals surface area contributed by atoms with Gasteiger partial charge in [0.25, 0.3) is 0 Å². The highest BCUT2D eigenvalue weighted by atomic mass is 16.5. The van der Waals surface area contributed by atoms with Gasteiger partial charge in [-0.25, -0.2) is 9.78 Å². The summed E-state index contributed by atoms with van der Waals surface area (Å²) in [5.41, 5.74) is 0.944. The monoisotopic (exact) mass is 281 g/mol. The molecule has 0 bridgehead atoms. The third-order valence-corrected chi connectivity index (χ3v) is 3.45. The van der Waals surface area contributed by atoms with Crippen LogP contribution in [0.25, 0.3) is 0 Å². The van der Waals surface area contributed by atoms with Crippen molar-refractivity contribution in [2.24, 2.45) is 0 Å². The van der Waals surface area contributed by atoms with E-state index >= 15 is 0 Å². The molecule has 2 rings (SSSR count). The lowest BCUT2D eigenvalue weighted by Crippen LogP contribution is -2.28. The second-order valence-corrected chi connectivity index (χ2v) is 4.82. The summed E-state index contributed by atoms with van der Waals surface area (Å²) >= 11 is 0.